The molecular formula is C8H8N2O. The highest BCUT2D eigenvalue weighted by Gasteiger charge is 2.11. The summed E-state index contributed by atoms with van der Waals surface area (Å²) in [6.07, 6.45) is 5.59. The highest BCUT2D eigenvalue weighted by molar-refractivity contribution is 5.98. The summed E-state index contributed by atoms with van der Waals surface area (Å²) in [5, 5.41) is 2.74. The third-order valence-electron chi connectivity index (χ3n) is 1.69. The van der Waals surface area contributed by atoms with Crippen molar-refractivity contribution in [3.63, 3.8) is 0 Å². The molecule has 56 valence electrons. The Kier molecular flexibility index (Phi) is 1.28. The summed E-state index contributed by atoms with van der Waals surface area (Å²) >= 11 is 0. The molecule has 0 aliphatic carbocycles. The predicted octanol–water partition coefficient (Wildman–Crippen LogP) is 0.771. The minimum atomic E-state index is -0.00810. The fourth-order valence-corrected chi connectivity index (χ4v) is 1.14. The molecule has 1 aromatic heterocycles. The molecule has 0 aromatic carbocycles. The topological polar surface area (TPSA) is 44.9 Å². The summed E-state index contributed by atoms with van der Waals surface area (Å²) in [5.41, 5.74) is 1.61. The molecular weight excluding hydrogens is 140 g/mol. The lowest BCUT2D eigenvalue weighted by atomic mass is 10.2. The lowest BCUT2D eigenvalue weighted by molar-refractivity contribution is 0.0959. The van der Waals surface area contributed by atoms with Gasteiger partial charge in [-0.2, -0.15) is 0 Å². The zero-order valence-corrected chi connectivity index (χ0v) is 5.92. The van der Waals surface area contributed by atoms with Gasteiger partial charge in [-0.25, -0.2) is 0 Å². The standard InChI is InChI=1S/C8H8N2O/c11-8-6-3-5-9-7(6)2-1-4-10-8/h1-3,5,9H,4H2,(H,10,11). The van der Waals surface area contributed by atoms with Gasteiger partial charge in [-0.15, -0.1) is 0 Å². The van der Waals surface area contributed by atoms with E-state index in [1.54, 1.807) is 12.3 Å². The van der Waals surface area contributed by atoms with E-state index in [0.29, 0.717) is 6.54 Å². The number of H-pyrrole nitrogens is 1. The highest BCUT2D eigenvalue weighted by atomic mass is 16.1. The molecule has 1 aliphatic rings. The van der Waals surface area contributed by atoms with Crippen LogP contribution in [-0.2, 0) is 0 Å². The minimum Gasteiger partial charge on any atom is -0.361 e. The first-order valence-electron chi connectivity index (χ1n) is 3.50. The van der Waals surface area contributed by atoms with Crippen LogP contribution in [0.5, 0.6) is 0 Å². The number of amides is 1. The van der Waals surface area contributed by atoms with Crippen molar-refractivity contribution in [2.75, 3.05) is 6.54 Å². The fraction of sp³-hybridized carbons (Fsp3) is 0.125. The third-order valence-corrected chi connectivity index (χ3v) is 1.69. The number of hydrogen-bond acceptors (Lipinski definition) is 1. The Morgan fingerprint density at radius 3 is 3.27 bits per heavy atom. The molecule has 0 fully saturated rings. The van der Waals surface area contributed by atoms with Crippen LogP contribution in [0.25, 0.3) is 6.08 Å². The lowest BCUT2D eigenvalue weighted by Crippen LogP contribution is -2.21. The van der Waals surface area contributed by atoms with Gasteiger partial charge in [0, 0.05) is 12.7 Å². The molecule has 2 heterocycles. The average molecular weight is 148 g/mol. The maximum atomic E-state index is 11.2. The first-order valence-corrected chi connectivity index (χ1v) is 3.50. The molecule has 0 saturated carbocycles. The van der Waals surface area contributed by atoms with Gasteiger partial charge in [-0.3, -0.25) is 4.79 Å². The normalized spacial score (nSPS) is 15.5. The number of nitrogens with one attached hydrogen (secondary N) is 2. The van der Waals surface area contributed by atoms with E-state index in [1.807, 2.05) is 12.2 Å². The zero-order valence-electron chi connectivity index (χ0n) is 5.92. The Morgan fingerprint density at radius 2 is 2.36 bits per heavy atom. The van der Waals surface area contributed by atoms with Gasteiger partial charge in [-0.1, -0.05) is 6.08 Å². The molecule has 0 saturated heterocycles. The number of fused-ring (bicyclic) bond motifs is 1. The predicted molar refractivity (Wildman–Crippen MR) is 42.2 cm³/mol. The quantitative estimate of drug-likeness (QED) is 0.560. The van der Waals surface area contributed by atoms with Crippen LogP contribution in [0.4, 0.5) is 0 Å². The first-order chi connectivity index (χ1) is 5.38. The number of carbonyl (C=O) groups is 1. The van der Waals surface area contributed by atoms with Crippen molar-refractivity contribution in [2.45, 2.75) is 0 Å². The second-order valence-electron chi connectivity index (χ2n) is 2.42. The highest BCUT2D eigenvalue weighted by Crippen LogP contribution is 2.10. The van der Waals surface area contributed by atoms with Gasteiger partial charge < -0.3 is 10.3 Å². The van der Waals surface area contributed by atoms with E-state index < -0.39 is 0 Å². The second kappa shape index (κ2) is 2.27. The maximum absolute atomic E-state index is 11.2. The largest absolute Gasteiger partial charge is 0.361 e. The Balaban J connectivity index is 2.53. The number of aromatic amines is 1. The summed E-state index contributed by atoms with van der Waals surface area (Å²) < 4.78 is 0. The van der Waals surface area contributed by atoms with E-state index in [2.05, 4.69) is 10.3 Å². The van der Waals surface area contributed by atoms with Crippen molar-refractivity contribution in [1.82, 2.24) is 10.3 Å². The lowest BCUT2D eigenvalue weighted by Gasteiger charge is -1.95. The Morgan fingerprint density at radius 1 is 1.45 bits per heavy atom. The van der Waals surface area contributed by atoms with Crippen molar-refractivity contribution in [3.05, 3.63) is 29.6 Å². The Labute approximate surface area is 64.1 Å². The summed E-state index contributed by atoms with van der Waals surface area (Å²) in [4.78, 5) is 14.2. The van der Waals surface area contributed by atoms with Crippen LogP contribution in [-0.4, -0.2) is 17.4 Å². The second-order valence-corrected chi connectivity index (χ2v) is 2.42. The van der Waals surface area contributed by atoms with Crippen LogP contribution < -0.4 is 5.32 Å². The van der Waals surface area contributed by atoms with Crippen molar-refractivity contribution in [3.8, 4) is 0 Å². The van der Waals surface area contributed by atoms with Gasteiger partial charge >= 0.3 is 0 Å². The summed E-state index contributed by atoms with van der Waals surface area (Å²) in [6.45, 7) is 0.612. The first kappa shape index (κ1) is 6.22. The van der Waals surface area contributed by atoms with E-state index in [1.165, 1.54) is 0 Å². The monoisotopic (exact) mass is 148 g/mol. The van der Waals surface area contributed by atoms with Gasteiger partial charge in [0.1, 0.15) is 0 Å². The number of rotatable bonds is 0. The maximum Gasteiger partial charge on any atom is 0.253 e. The van der Waals surface area contributed by atoms with Crippen LogP contribution in [0.1, 0.15) is 16.1 Å². The van der Waals surface area contributed by atoms with Crippen molar-refractivity contribution in [1.29, 1.82) is 0 Å². The SMILES string of the molecule is O=C1NCC=Cc2[nH]ccc21. The van der Waals surface area contributed by atoms with Gasteiger partial charge in [0.15, 0.2) is 0 Å². The number of hydrogen-bond donors (Lipinski definition) is 2. The van der Waals surface area contributed by atoms with Gasteiger partial charge in [-0.05, 0) is 12.1 Å². The molecule has 3 heteroatoms. The summed E-state index contributed by atoms with van der Waals surface area (Å²) in [7, 11) is 0. The Hall–Kier alpha value is -1.51. The Bertz CT molecular complexity index is 312. The molecule has 0 bridgehead atoms. The fourth-order valence-electron chi connectivity index (χ4n) is 1.14. The van der Waals surface area contributed by atoms with E-state index in [9.17, 15) is 4.79 Å². The minimum absolute atomic E-state index is 0.00810. The number of aromatic nitrogens is 1. The van der Waals surface area contributed by atoms with E-state index in [0.717, 1.165) is 11.3 Å². The third kappa shape index (κ3) is 0.941. The molecule has 0 spiro atoms. The van der Waals surface area contributed by atoms with Crippen LogP contribution in [0, 0.1) is 0 Å². The molecule has 0 unspecified atom stereocenters. The molecule has 1 aromatic rings. The van der Waals surface area contributed by atoms with E-state index in [4.69, 9.17) is 0 Å². The molecule has 1 amide bonds. The van der Waals surface area contributed by atoms with Gasteiger partial charge in [0.05, 0.1) is 11.3 Å². The molecule has 2 rings (SSSR count). The summed E-state index contributed by atoms with van der Waals surface area (Å²) in [6, 6.07) is 1.78. The van der Waals surface area contributed by atoms with Crippen LogP contribution >= 0.6 is 0 Å². The van der Waals surface area contributed by atoms with Gasteiger partial charge in [0.25, 0.3) is 5.91 Å². The molecule has 11 heavy (non-hydrogen) atoms. The smallest absolute Gasteiger partial charge is 0.253 e. The van der Waals surface area contributed by atoms with E-state index in [-0.39, 0.29) is 5.91 Å². The summed E-state index contributed by atoms with van der Waals surface area (Å²) in [5.74, 6) is -0.00810. The van der Waals surface area contributed by atoms with Crippen LogP contribution in [0.15, 0.2) is 18.3 Å². The molecule has 3 nitrogen and oxygen atoms in total. The van der Waals surface area contributed by atoms with E-state index >= 15 is 0 Å². The van der Waals surface area contributed by atoms with Crippen molar-refractivity contribution >= 4 is 12.0 Å². The average Bonchev–Trinajstić information content (AvgIpc) is 2.40. The van der Waals surface area contributed by atoms with Crippen LogP contribution in [0.3, 0.4) is 0 Å². The molecule has 0 atom stereocenters. The van der Waals surface area contributed by atoms with Gasteiger partial charge in [0.2, 0.25) is 0 Å². The zero-order chi connectivity index (χ0) is 7.68. The van der Waals surface area contributed by atoms with Crippen molar-refractivity contribution in [2.24, 2.45) is 0 Å². The van der Waals surface area contributed by atoms with Crippen molar-refractivity contribution < 1.29 is 4.79 Å². The molecule has 1 aliphatic heterocycles. The number of carbonyl (C=O) groups excluding carboxylic acids is 1. The van der Waals surface area contributed by atoms with Crippen LogP contribution in [0.2, 0.25) is 0 Å². The molecule has 2 N–H and O–H groups in total. The molecule has 0 radical (unpaired) electrons.